The normalized spacial score (nSPS) is 17.8. The van der Waals surface area contributed by atoms with Crippen molar-refractivity contribution in [1.29, 1.82) is 0 Å². The van der Waals surface area contributed by atoms with Gasteiger partial charge in [0.2, 0.25) is 10.0 Å². The van der Waals surface area contributed by atoms with Crippen LogP contribution in [-0.2, 0) is 10.0 Å². The number of methoxy groups -OCH3 is 1. The minimum atomic E-state index is -3.48. The Bertz CT molecular complexity index is 581. The van der Waals surface area contributed by atoms with Crippen LogP contribution in [0.3, 0.4) is 0 Å². The van der Waals surface area contributed by atoms with E-state index in [1.54, 1.807) is 6.07 Å². The zero-order valence-corrected chi connectivity index (χ0v) is 13.4. The minimum absolute atomic E-state index is 0.234. The molecular formula is C14H23N3O3S. The molecule has 7 heteroatoms. The molecule has 0 unspecified atom stereocenters. The molecule has 6 nitrogen and oxygen atoms in total. The number of rotatable bonds is 5. The molecule has 0 spiro atoms. The molecule has 2 rings (SSSR count). The van der Waals surface area contributed by atoms with E-state index in [1.807, 2.05) is 0 Å². The monoisotopic (exact) mass is 313 g/mol. The summed E-state index contributed by atoms with van der Waals surface area (Å²) in [7, 11) is -2.00. The van der Waals surface area contributed by atoms with Crippen molar-refractivity contribution in [3.63, 3.8) is 0 Å². The molecule has 1 fully saturated rings. The van der Waals surface area contributed by atoms with Gasteiger partial charge in [0.15, 0.2) is 0 Å². The Morgan fingerprint density at radius 1 is 1.24 bits per heavy atom. The van der Waals surface area contributed by atoms with Crippen molar-refractivity contribution in [2.24, 2.45) is 0 Å². The van der Waals surface area contributed by atoms with Crippen LogP contribution < -0.4 is 10.5 Å². The van der Waals surface area contributed by atoms with E-state index < -0.39 is 10.0 Å². The highest BCUT2D eigenvalue weighted by molar-refractivity contribution is 7.89. The predicted molar refractivity (Wildman–Crippen MR) is 82.9 cm³/mol. The van der Waals surface area contributed by atoms with Gasteiger partial charge in [-0.3, -0.25) is 0 Å². The van der Waals surface area contributed by atoms with Gasteiger partial charge in [0.25, 0.3) is 0 Å². The average molecular weight is 313 g/mol. The molecule has 21 heavy (non-hydrogen) atoms. The molecule has 0 aromatic heterocycles. The lowest BCUT2D eigenvalue weighted by atomic mass is 10.3. The maximum Gasteiger partial charge on any atom is 0.243 e. The molecule has 1 saturated heterocycles. The van der Waals surface area contributed by atoms with Crippen molar-refractivity contribution in [2.75, 3.05) is 45.6 Å². The summed E-state index contributed by atoms with van der Waals surface area (Å²) in [5.41, 5.74) is 6.17. The van der Waals surface area contributed by atoms with Crippen molar-refractivity contribution in [3.05, 3.63) is 18.2 Å². The van der Waals surface area contributed by atoms with E-state index in [-0.39, 0.29) is 4.90 Å². The van der Waals surface area contributed by atoms with Crippen LogP contribution >= 0.6 is 0 Å². The summed E-state index contributed by atoms with van der Waals surface area (Å²) in [5, 5.41) is 0. The van der Waals surface area contributed by atoms with E-state index >= 15 is 0 Å². The first-order valence-electron chi connectivity index (χ1n) is 7.15. The standard InChI is InChI=1S/C14H23N3O3S/c1-3-6-16-7-9-17(10-8-16)21(18,19)12-4-5-13(15)14(11-12)20-2/h4-5,11H,3,6-10,15H2,1-2H3. The van der Waals surface area contributed by atoms with Crippen LogP contribution in [0, 0.1) is 0 Å². The van der Waals surface area contributed by atoms with E-state index in [1.165, 1.54) is 23.5 Å². The number of anilines is 1. The number of sulfonamides is 1. The van der Waals surface area contributed by atoms with Crippen molar-refractivity contribution < 1.29 is 13.2 Å². The van der Waals surface area contributed by atoms with Crippen molar-refractivity contribution in [3.8, 4) is 5.75 Å². The summed E-state index contributed by atoms with van der Waals surface area (Å²) in [5.74, 6) is 0.390. The molecule has 0 aliphatic carbocycles. The first kappa shape index (κ1) is 16.1. The number of ether oxygens (including phenoxy) is 1. The minimum Gasteiger partial charge on any atom is -0.495 e. The smallest absolute Gasteiger partial charge is 0.243 e. The fourth-order valence-electron chi connectivity index (χ4n) is 2.51. The first-order chi connectivity index (χ1) is 9.98. The molecule has 1 aromatic rings. The SMILES string of the molecule is CCCN1CCN(S(=O)(=O)c2ccc(N)c(OC)c2)CC1. The van der Waals surface area contributed by atoms with Gasteiger partial charge in [-0.15, -0.1) is 0 Å². The third kappa shape index (κ3) is 3.48. The van der Waals surface area contributed by atoms with Crippen molar-refractivity contribution in [2.45, 2.75) is 18.2 Å². The van der Waals surface area contributed by atoms with Gasteiger partial charge < -0.3 is 15.4 Å². The van der Waals surface area contributed by atoms with Gasteiger partial charge in [-0.25, -0.2) is 8.42 Å². The second-order valence-corrected chi connectivity index (χ2v) is 7.09. The Labute approximate surface area is 126 Å². The number of benzene rings is 1. The lowest BCUT2D eigenvalue weighted by Crippen LogP contribution is -2.48. The highest BCUT2D eigenvalue weighted by atomic mass is 32.2. The van der Waals surface area contributed by atoms with E-state index in [4.69, 9.17) is 10.5 Å². The molecular weight excluding hydrogens is 290 g/mol. The third-order valence-electron chi connectivity index (χ3n) is 3.71. The Hall–Kier alpha value is -1.31. The molecule has 1 heterocycles. The number of nitrogens with two attached hydrogens (primary N) is 1. The summed E-state index contributed by atoms with van der Waals surface area (Å²) < 4.78 is 31.9. The molecule has 0 bridgehead atoms. The van der Waals surface area contributed by atoms with Crippen molar-refractivity contribution in [1.82, 2.24) is 9.21 Å². The lowest BCUT2D eigenvalue weighted by Gasteiger charge is -2.33. The number of nitrogen functional groups attached to an aromatic ring is 1. The number of piperazine rings is 1. The molecule has 1 aliphatic heterocycles. The van der Waals surface area contributed by atoms with E-state index in [2.05, 4.69) is 11.8 Å². The number of hydrogen-bond donors (Lipinski definition) is 1. The van der Waals surface area contributed by atoms with E-state index in [0.717, 1.165) is 26.1 Å². The van der Waals surface area contributed by atoms with E-state index in [9.17, 15) is 8.42 Å². The second kappa shape index (κ2) is 6.64. The van der Waals surface area contributed by atoms with Crippen LogP contribution in [0.15, 0.2) is 23.1 Å². The topological polar surface area (TPSA) is 75.9 Å². The highest BCUT2D eigenvalue weighted by Gasteiger charge is 2.28. The van der Waals surface area contributed by atoms with Crippen LogP contribution in [0.2, 0.25) is 0 Å². The van der Waals surface area contributed by atoms with Gasteiger partial charge in [-0.1, -0.05) is 6.92 Å². The molecule has 1 aromatic carbocycles. The first-order valence-corrected chi connectivity index (χ1v) is 8.59. The Kier molecular flexibility index (Phi) is 5.08. The largest absolute Gasteiger partial charge is 0.495 e. The Morgan fingerprint density at radius 2 is 1.90 bits per heavy atom. The van der Waals surface area contributed by atoms with Gasteiger partial charge >= 0.3 is 0 Å². The average Bonchev–Trinajstić information content (AvgIpc) is 2.48. The van der Waals surface area contributed by atoms with Crippen LogP contribution in [0.25, 0.3) is 0 Å². The molecule has 0 radical (unpaired) electrons. The molecule has 2 N–H and O–H groups in total. The lowest BCUT2D eigenvalue weighted by molar-refractivity contribution is 0.188. The summed E-state index contributed by atoms with van der Waals surface area (Å²) in [6, 6.07) is 4.59. The fourth-order valence-corrected chi connectivity index (χ4v) is 3.95. The van der Waals surface area contributed by atoms with Crippen molar-refractivity contribution >= 4 is 15.7 Å². The van der Waals surface area contributed by atoms with Gasteiger partial charge in [-0.2, -0.15) is 4.31 Å². The molecule has 0 saturated carbocycles. The zero-order valence-electron chi connectivity index (χ0n) is 12.6. The summed E-state index contributed by atoms with van der Waals surface area (Å²) in [4.78, 5) is 2.52. The summed E-state index contributed by atoms with van der Waals surface area (Å²) in [6.45, 7) is 5.75. The molecule has 118 valence electrons. The fraction of sp³-hybridized carbons (Fsp3) is 0.571. The number of hydrogen-bond acceptors (Lipinski definition) is 5. The van der Waals surface area contributed by atoms with Crippen LogP contribution in [-0.4, -0.2) is 57.5 Å². The van der Waals surface area contributed by atoms with Gasteiger partial charge in [0.05, 0.1) is 17.7 Å². The maximum atomic E-state index is 12.6. The van der Waals surface area contributed by atoms with Gasteiger partial charge in [0, 0.05) is 32.2 Å². The van der Waals surface area contributed by atoms with E-state index in [0.29, 0.717) is 24.5 Å². The molecule has 0 atom stereocenters. The zero-order chi connectivity index (χ0) is 15.5. The Morgan fingerprint density at radius 3 is 2.48 bits per heavy atom. The quantitative estimate of drug-likeness (QED) is 0.821. The van der Waals surface area contributed by atoms with Crippen LogP contribution in [0.5, 0.6) is 5.75 Å². The number of nitrogens with zero attached hydrogens (tertiary/aromatic N) is 2. The van der Waals surface area contributed by atoms with Gasteiger partial charge in [0.1, 0.15) is 5.75 Å². The Balaban J connectivity index is 2.15. The molecule has 0 amide bonds. The predicted octanol–water partition coefficient (Wildman–Crippen LogP) is 0.994. The highest BCUT2D eigenvalue weighted by Crippen LogP contribution is 2.27. The second-order valence-electron chi connectivity index (χ2n) is 5.15. The summed E-state index contributed by atoms with van der Waals surface area (Å²) >= 11 is 0. The van der Waals surface area contributed by atoms with Crippen LogP contribution in [0.1, 0.15) is 13.3 Å². The third-order valence-corrected chi connectivity index (χ3v) is 5.61. The van der Waals surface area contributed by atoms with Crippen LogP contribution in [0.4, 0.5) is 5.69 Å². The summed E-state index contributed by atoms with van der Waals surface area (Å²) in [6.07, 6.45) is 1.09. The maximum absolute atomic E-state index is 12.6. The molecule has 1 aliphatic rings. The van der Waals surface area contributed by atoms with Gasteiger partial charge in [-0.05, 0) is 25.1 Å².